The van der Waals surface area contributed by atoms with E-state index < -0.39 is 0 Å². The van der Waals surface area contributed by atoms with Crippen molar-refractivity contribution >= 4 is 16.7 Å². The van der Waals surface area contributed by atoms with E-state index in [0.717, 1.165) is 53.2 Å². The lowest BCUT2D eigenvalue weighted by Crippen LogP contribution is -2.36. The van der Waals surface area contributed by atoms with Crippen molar-refractivity contribution in [1.82, 2.24) is 9.88 Å². The van der Waals surface area contributed by atoms with Crippen molar-refractivity contribution < 1.29 is 14.3 Å². The molecular formula is C28H28N2O3. The van der Waals surface area contributed by atoms with Gasteiger partial charge >= 0.3 is 0 Å². The fraction of sp³-hybridized carbons (Fsp3) is 0.250. The molecule has 0 fully saturated rings. The minimum absolute atomic E-state index is 0.0350. The molecule has 5 nitrogen and oxygen atoms in total. The number of fused-ring (bicyclic) bond motifs is 3. The number of benzene rings is 3. The Kier molecular flexibility index (Phi) is 5.65. The van der Waals surface area contributed by atoms with Crippen LogP contribution in [0, 0.1) is 0 Å². The maximum Gasteiger partial charge on any atom is 0.165 e. The number of Topliss-reactive ketones (excluding diaryl/α,β-unsaturated/α-hetero) is 1. The van der Waals surface area contributed by atoms with Gasteiger partial charge in [-0.3, -0.25) is 9.69 Å². The van der Waals surface area contributed by atoms with E-state index in [4.69, 9.17) is 9.47 Å². The van der Waals surface area contributed by atoms with Crippen LogP contribution in [0.4, 0.5) is 0 Å². The topological polar surface area (TPSA) is 54.6 Å². The fourth-order valence-electron chi connectivity index (χ4n) is 5.06. The van der Waals surface area contributed by atoms with Gasteiger partial charge in [-0.15, -0.1) is 0 Å². The Morgan fingerprint density at radius 2 is 1.85 bits per heavy atom. The van der Waals surface area contributed by atoms with E-state index in [0.29, 0.717) is 0 Å². The zero-order valence-corrected chi connectivity index (χ0v) is 19.2. The molecule has 1 atom stereocenters. The predicted molar refractivity (Wildman–Crippen MR) is 130 cm³/mol. The molecule has 0 radical (unpaired) electrons. The Hall–Kier alpha value is -3.57. The van der Waals surface area contributed by atoms with E-state index in [1.54, 1.807) is 21.1 Å². The van der Waals surface area contributed by atoms with Crippen molar-refractivity contribution in [3.8, 4) is 11.5 Å². The molecule has 4 aromatic rings. The molecule has 5 heteroatoms. The third-order valence-electron chi connectivity index (χ3n) is 6.58. The molecule has 0 spiro atoms. The van der Waals surface area contributed by atoms with E-state index >= 15 is 0 Å². The Morgan fingerprint density at radius 1 is 1.03 bits per heavy atom. The summed E-state index contributed by atoms with van der Waals surface area (Å²) in [5.41, 5.74) is 6.62. The first kappa shape index (κ1) is 21.3. The van der Waals surface area contributed by atoms with Crippen LogP contribution in [0.2, 0.25) is 0 Å². The number of H-pyrrole nitrogens is 1. The summed E-state index contributed by atoms with van der Waals surface area (Å²) >= 11 is 0. The van der Waals surface area contributed by atoms with Crippen molar-refractivity contribution in [2.75, 3.05) is 20.8 Å². The standard InChI is InChI=1S/C28H28N2O3/c1-18(31)20-9-6-8-19(16-20)17-30-15-14-22-21-10-4-5-12-24(21)29-26(22)27(30)23-11-7-13-25(32-2)28(23)33-3/h4-13,16,27,29H,14-15,17H2,1-3H3. The predicted octanol–water partition coefficient (Wildman–Crippen LogP) is 5.54. The minimum Gasteiger partial charge on any atom is -0.493 e. The normalized spacial score (nSPS) is 15.9. The maximum absolute atomic E-state index is 11.9. The van der Waals surface area contributed by atoms with Crippen LogP contribution in [0.15, 0.2) is 66.7 Å². The number of nitrogens with one attached hydrogen (secondary N) is 1. The van der Waals surface area contributed by atoms with E-state index in [1.807, 2.05) is 30.3 Å². The van der Waals surface area contributed by atoms with E-state index in [9.17, 15) is 4.79 Å². The molecule has 0 bridgehead atoms. The van der Waals surface area contributed by atoms with Gasteiger partial charge in [0.25, 0.3) is 0 Å². The number of para-hydroxylation sites is 2. The van der Waals surface area contributed by atoms with Crippen LogP contribution >= 0.6 is 0 Å². The number of carbonyl (C=O) groups is 1. The third-order valence-corrected chi connectivity index (χ3v) is 6.58. The highest BCUT2D eigenvalue weighted by molar-refractivity contribution is 5.94. The SMILES string of the molecule is COc1cccc(C2c3[nH]c4ccccc4c3CCN2Cc2cccc(C(C)=O)c2)c1OC. The quantitative estimate of drug-likeness (QED) is 0.400. The first-order valence-electron chi connectivity index (χ1n) is 11.2. The number of nitrogens with zero attached hydrogens (tertiary/aromatic N) is 1. The van der Waals surface area contributed by atoms with Gasteiger partial charge in [-0.25, -0.2) is 0 Å². The molecule has 3 aromatic carbocycles. The van der Waals surface area contributed by atoms with Crippen LogP contribution in [0.3, 0.4) is 0 Å². The molecule has 1 unspecified atom stereocenters. The summed E-state index contributed by atoms with van der Waals surface area (Å²) in [6, 6.07) is 22.4. The highest BCUT2D eigenvalue weighted by Gasteiger charge is 2.34. The molecule has 1 N–H and O–H groups in total. The number of aromatic nitrogens is 1. The summed E-state index contributed by atoms with van der Waals surface area (Å²) in [4.78, 5) is 18.1. The molecule has 168 valence electrons. The third kappa shape index (κ3) is 3.79. The van der Waals surface area contributed by atoms with Gasteiger partial charge in [-0.1, -0.05) is 48.5 Å². The van der Waals surface area contributed by atoms with Gasteiger partial charge in [0.2, 0.25) is 0 Å². The molecular weight excluding hydrogens is 412 g/mol. The van der Waals surface area contributed by atoms with Crippen LogP contribution in [0.25, 0.3) is 10.9 Å². The summed E-state index contributed by atoms with van der Waals surface area (Å²) in [6.45, 7) is 3.23. The number of carbonyl (C=O) groups excluding carboxylic acids is 1. The zero-order chi connectivity index (χ0) is 22.9. The number of hydrogen-bond donors (Lipinski definition) is 1. The number of aromatic amines is 1. The van der Waals surface area contributed by atoms with Gasteiger partial charge in [-0.2, -0.15) is 0 Å². The molecule has 0 aliphatic carbocycles. The van der Waals surface area contributed by atoms with Gasteiger partial charge in [0.05, 0.1) is 20.3 Å². The smallest absolute Gasteiger partial charge is 0.165 e. The molecule has 1 aliphatic heterocycles. The molecule has 5 rings (SSSR count). The van der Waals surface area contributed by atoms with Gasteiger partial charge in [0.15, 0.2) is 17.3 Å². The van der Waals surface area contributed by atoms with Gasteiger partial charge < -0.3 is 14.5 Å². The van der Waals surface area contributed by atoms with Crippen molar-refractivity contribution in [2.45, 2.75) is 25.9 Å². The molecule has 0 amide bonds. The summed E-state index contributed by atoms with van der Waals surface area (Å²) in [6.07, 6.45) is 0.953. The fourth-order valence-corrected chi connectivity index (χ4v) is 5.06. The lowest BCUT2D eigenvalue weighted by Gasteiger charge is -2.37. The summed E-state index contributed by atoms with van der Waals surface area (Å²) in [5, 5.41) is 1.28. The number of methoxy groups -OCH3 is 2. The maximum atomic E-state index is 11.9. The minimum atomic E-state index is -0.0350. The number of rotatable bonds is 6. The molecule has 33 heavy (non-hydrogen) atoms. The second kappa shape index (κ2) is 8.75. The monoisotopic (exact) mass is 440 g/mol. The van der Waals surface area contributed by atoms with Crippen molar-refractivity contribution in [2.24, 2.45) is 0 Å². The molecule has 2 heterocycles. The average Bonchev–Trinajstić information content (AvgIpc) is 3.22. The Balaban J connectivity index is 1.65. The van der Waals surface area contributed by atoms with Crippen molar-refractivity contribution in [3.05, 3.63) is 94.7 Å². The summed E-state index contributed by atoms with van der Waals surface area (Å²) < 4.78 is 11.5. The van der Waals surface area contributed by atoms with Crippen molar-refractivity contribution in [3.63, 3.8) is 0 Å². The number of ether oxygens (including phenoxy) is 2. The first-order valence-corrected chi connectivity index (χ1v) is 11.2. The molecule has 1 aromatic heterocycles. The number of hydrogen-bond acceptors (Lipinski definition) is 4. The van der Waals surface area contributed by atoms with Crippen molar-refractivity contribution in [1.29, 1.82) is 0 Å². The second-order valence-corrected chi connectivity index (χ2v) is 8.53. The molecule has 0 saturated carbocycles. The molecule has 1 aliphatic rings. The van der Waals surface area contributed by atoms with E-state index in [2.05, 4.69) is 46.3 Å². The van der Waals surface area contributed by atoms with Crippen LogP contribution in [0.1, 0.15) is 45.7 Å². The summed E-state index contributed by atoms with van der Waals surface area (Å²) in [5.74, 6) is 1.55. The van der Waals surface area contributed by atoms with Crippen LogP contribution in [-0.2, 0) is 13.0 Å². The first-order chi connectivity index (χ1) is 16.1. The largest absolute Gasteiger partial charge is 0.493 e. The highest BCUT2D eigenvalue weighted by Crippen LogP contribution is 2.44. The Bertz CT molecular complexity index is 1320. The zero-order valence-electron chi connectivity index (χ0n) is 19.2. The molecule has 0 saturated heterocycles. The van der Waals surface area contributed by atoms with Gasteiger partial charge in [0, 0.05) is 40.8 Å². The van der Waals surface area contributed by atoms with E-state index in [1.165, 1.54) is 16.6 Å². The summed E-state index contributed by atoms with van der Waals surface area (Å²) in [7, 11) is 3.36. The van der Waals surface area contributed by atoms with Crippen LogP contribution in [-0.4, -0.2) is 36.4 Å². The lowest BCUT2D eigenvalue weighted by atomic mass is 9.91. The Morgan fingerprint density at radius 3 is 2.64 bits per heavy atom. The lowest BCUT2D eigenvalue weighted by molar-refractivity contribution is 0.101. The van der Waals surface area contributed by atoms with Crippen LogP contribution in [0.5, 0.6) is 11.5 Å². The second-order valence-electron chi connectivity index (χ2n) is 8.53. The number of ketones is 1. The van der Waals surface area contributed by atoms with Crippen LogP contribution < -0.4 is 9.47 Å². The average molecular weight is 441 g/mol. The van der Waals surface area contributed by atoms with Gasteiger partial charge in [0.1, 0.15) is 0 Å². The Labute approximate surface area is 193 Å². The highest BCUT2D eigenvalue weighted by atomic mass is 16.5. The van der Waals surface area contributed by atoms with Gasteiger partial charge in [-0.05, 0) is 42.7 Å². The van der Waals surface area contributed by atoms with E-state index in [-0.39, 0.29) is 11.8 Å².